The summed E-state index contributed by atoms with van der Waals surface area (Å²) in [6, 6.07) is 7.36. The Hall–Kier alpha value is -2.70. The van der Waals surface area contributed by atoms with E-state index in [0.29, 0.717) is 0 Å². The zero-order valence-corrected chi connectivity index (χ0v) is 13.3. The predicted octanol–water partition coefficient (Wildman–Crippen LogP) is 2.76. The van der Waals surface area contributed by atoms with Crippen LogP contribution >= 0.6 is 24.4 Å². The second-order valence-corrected chi connectivity index (χ2v) is 5.05. The van der Waals surface area contributed by atoms with Crippen LogP contribution < -0.4 is 0 Å². The minimum Gasteiger partial charge on any atom is -0.197 e. The Kier molecular flexibility index (Phi) is 5.03. The molecular weight excluding hydrogens is 316 g/mol. The van der Waals surface area contributed by atoms with Gasteiger partial charge in [0.15, 0.2) is 10.8 Å². The van der Waals surface area contributed by atoms with Gasteiger partial charge < -0.3 is 0 Å². The Morgan fingerprint density at radius 3 is 1.23 bits per heavy atom. The van der Waals surface area contributed by atoms with Crippen LogP contribution in [0.2, 0.25) is 0 Å². The number of rotatable bonds is 2. The van der Waals surface area contributed by atoms with Crippen LogP contribution in [0.4, 0.5) is 0 Å². The molecule has 6 nitrogen and oxygen atoms in total. The monoisotopic (exact) mass is 324 g/mol. The number of isothiocyanates is 2. The van der Waals surface area contributed by atoms with Crippen LogP contribution in [0, 0.1) is 68.0 Å². The van der Waals surface area contributed by atoms with E-state index in [1.54, 1.807) is 0 Å². The van der Waals surface area contributed by atoms with Crippen molar-refractivity contribution >= 4 is 34.8 Å². The molecule has 106 valence electrons. The summed E-state index contributed by atoms with van der Waals surface area (Å²) in [4.78, 5) is 7.77. The Balaban J connectivity index is 4.05. The van der Waals surface area contributed by atoms with E-state index >= 15 is 0 Å². The van der Waals surface area contributed by atoms with Gasteiger partial charge in [-0.05, 0) is 24.4 Å². The van der Waals surface area contributed by atoms with Crippen molar-refractivity contribution in [2.24, 2.45) is 32.7 Å². The molecule has 0 bridgehead atoms. The number of allylic oxidation sites excluding steroid dienone is 2. The highest BCUT2D eigenvalue weighted by Gasteiger charge is 2.65. The van der Waals surface area contributed by atoms with Crippen molar-refractivity contribution in [2.45, 2.75) is 13.8 Å². The predicted molar refractivity (Wildman–Crippen MR) is 82.7 cm³/mol. The molecule has 0 aromatic rings. The molecule has 2 atom stereocenters. The normalized spacial score (nSPS) is 24.3. The van der Waals surface area contributed by atoms with Gasteiger partial charge in [0.05, 0.1) is 46.0 Å². The van der Waals surface area contributed by atoms with Crippen LogP contribution in [-0.2, 0) is 0 Å². The molecule has 0 spiro atoms. The third-order valence-electron chi connectivity index (χ3n) is 4.04. The van der Waals surface area contributed by atoms with Gasteiger partial charge in [-0.15, -0.1) is 0 Å². The molecular formula is C14H8N6S2. The Labute approximate surface area is 138 Å². The molecule has 22 heavy (non-hydrogen) atoms. The molecule has 0 saturated heterocycles. The van der Waals surface area contributed by atoms with Crippen LogP contribution in [0.1, 0.15) is 13.8 Å². The number of aliphatic imine (C=N–C) groups is 2. The van der Waals surface area contributed by atoms with E-state index in [1.807, 2.05) is 24.3 Å². The third kappa shape index (κ3) is 1.97. The highest BCUT2D eigenvalue weighted by Crippen LogP contribution is 2.57. The zero-order chi connectivity index (χ0) is 17.0. The zero-order valence-electron chi connectivity index (χ0n) is 11.7. The van der Waals surface area contributed by atoms with Gasteiger partial charge in [0.1, 0.15) is 0 Å². The fraction of sp³-hybridized carbons (Fsp3) is 0.429. The van der Waals surface area contributed by atoms with Gasteiger partial charge in [-0.2, -0.15) is 31.0 Å². The lowest BCUT2D eigenvalue weighted by atomic mass is 9.51. The summed E-state index contributed by atoms with van der Waals surface area (Å²) < 4.78 is 0. The average molecular weight is 324 g/mol. The lowest BCUT2D eigenvalue weighted by molar-refractivity contribution is 0.153. The summed E-state index contributed by atoms with van der Waals surface area (Å²) in [5.41, 5.74) is -3.41. The Bertz CT molecular complexity index is 704. The van der Waals surface area contributed by atoms with Crippen molar-refractivity contribution < 1.29 is 0 Å². The molecule has 0 amide bonds. The molecule has 0 heterocycles. The number of nitrogens with zero attached hydrogens (tertiary/aromatic N) is 6. The maximum atomic E-state index is 9.58. The molecule has 1 rings (SSSR count). The second-order valence-electron chi connectivity index (χ2n) is 4.68. The first kappa shape index (κ1) is 17.4. The molecule has 0 N–H and O–H groups in total. The highest BCUT2D eigenvalue weighted by molar-refractivity contribution is 7.78. The van der Waals surface area contributed by atoms with Crippen molar-refractivity contribution in [1.82, 2.24) is 0 Å². The van der Waals surface area contributed by atoms with Gasteiger partial charge in [-0.25, -0.2) is 0 Å². The molecule has 0 fully saturated rings. The lowest BCUT2D eigenvalue weighted by Gasteiger charge is -2.43. The Morgan fingerprint density at radius 2 is 1.05 bits per heavy atom. The van der Waals surface area contributed by atoms with Crippen LogP contribution in [0.3, 0.4) is 0 Å². The average Bonchev–Trinajstić information content (AvgIpc) is 2.54. The van der Waals surface area contributed by atoms with Crippen molar-refractivity contribution in [3.63, 3.8) is 0 Å². The van der Waals surface area contributed by atoms with E-state index in [0.717, 1.165) is 0 Å². The van der Waals surface area contributed by atoms with Crippen LogP contribution in [0.15, 0.2) is 21.4 Å². The number of hydrogen-bond acceptors (Lipinski definition) is 8. The van der Waals surface area contributed by atoms with Crippen molar-refractivity contribution in [2.75, 3.05) is 0 Å². The van der Waals surface area contributed by atoms with Crippen LogP contribution in [0.5, 0.6) is 0 Å². The number of hydrogen-bond donors (Lipinski definition) is 0. The number of nitriles is 4. The summed E-state index contributed by atoms with van der Waals surface area (Å²) in [6.07, 6.45) is 0. The van der Waals surface area contributed by atoms with E-state index in [4.69, 9.17) is 0 Å². The van der Waals surface area contributed by atoms with Crippen LogP contribution in [0.25, 0.3) is 0 Å². The molecule has 0 radical (unpaired) electrons. The van der Waals surface area contributed by atoms with E-state index in [9.17, 15) is 21.0 Å². The molecule has 0 aromatic carbocycles. The van der Waals surface area contributed by atoms with Gasteiger partial charge in [0.25, 0.3) is 0 Å². The first-order valence-electron chi connectivity index (χ1n) is 6.01. The summed E-state index contributed by atoms with van der Waals surface area (Å²) in [7, 11) is 0. The molecule has 1 aliphatic rings. The summed E-state index contributed by atoms with van der Waals surface area (Å²) in [5, 5.41) is 42.7. The largest absolute Gasteiger partial charge is 0.197 e. The third-order valence-corrected chi connectivity index (χ3v) is 4.22. The van der Waals surface area contributed by atoms with Crippen molar-refractivity contribution in [3.05, 3.63) is 11.4 Å². The summed E-state index contributed by atoms with van der Waals surface area (Å²) in [5.74, 6) is -1.76. The van der Waals surface area contributed by atoms with Gasteiger partial charge >= 0.3 is 0 Å². The van der Waals surface area contributed by atoms with Gasteiger partial charge in [-0.3, -0.25) is 0 Å². The minimum absolute atomic E-state index is 0.212. The molecule has 8 heteroatoms. The molecule has 0 saturated carbocycles. The lowest BCUT2D eigenvalue weighted by Crippen LogP contribution is -2.51. The maximum absolute atomic E-state index is 9.58. The molecule has 0 aromatic heterocycles. The summed E-state index contributed by atoms with van der Waals surface area (Å²) >= 11 is 9.18. The molecule has 2 unspecified atom stereocenters. The fourth-order valence-electron chi connectivity index (χ4n) is 2.73. The van der Waals surface area contributed by atoms with E-state index in [2.05, 4.69) is 44.7 Å². The SMILES string of the molecule is CC1C(N=C=S)=C(N=C=S)C(C)C(C#N)(C#N)C1(C#N)C#N. The standard InChI is InChI=1S/C14H8N6S2/c1-9-11(19-7-21)12(20-8-22)10(2)14(5-17,6-18)13(9,3-15)4-16/h9-10H,1-2H3. The molecule has 0 aliphatic heterocycles. The second kappa shape index (κ2) is 6.38. The minimum atomic E-state index is -1.92. The first-order chi connectivity index (χ1) is 10.5. The quantitative estimate of drug-likeness (QED) is 0.569. The van der Waals surface area contributed by atoms with E-state index in [-0.39, 0.29) is 11.4 Å². The topological polar surface area (TPSA) is 120 Å². The molecule has 1 aliphatic carbocycles. The summed E-state index contributed by atoms with van der Waals surface area (Å²) in [6.45, 7) is 3.04. The smallest absolute Gasteiger partial charge is 0.184 e. The maximum Gasteiger partial charge on any atom is 0.184 e. The Morgan fingerprint density at radius 1 is 0.773 bits per heavy atom. The van der Waals surface area contributed by atoms with Crippen molar-refractivity contribution in [1.29, 1.82) is 21.0 Å². The van der Waals surface area contributed by atoms with Gasteiger partial charge in [-0.1, -0.05) is 13.8 Å². The van der Waals surface area contributed by atoms with Gasteiger partial charge in [0.2, 0.25) is 0 Å². The number of thiocarbonyl (C=S) groups is 2. The van der Waals surface area contributed by atoms with Gasteiger partial charge in [0, 0.05) is 11.8 Å². The van der Waals surface area contributed by atoms with Crippen LogP contribution in [-0.4, -0.2) is 10.3 Å². The van der Waals surface area contributed by atoms with E-state index in [1.165, 1.54) is 13.8 Å². The van der Waals surface area contributed by atoms with E-state index < -0.39 is 22.7 Å². The first-order valence-corrected chi connectivity index (χ1v) is 6.82. The highest BCUT2D eigenvalue weighted by atomic mass is 32.1. The van der Waals surface area contributed by atoms with Crippen molar-refractivity contribution in [3.8, 4) is 24.3 Å². The fourth-order valence-corrected chi connectivity index (χ4v) is 2.93.